The standard InChI is InChI=1S/C15H27N3S/c1-5-8-17-15(7-9-16-10-11(15)3)14-18-13(6-2)12(4)19-14/h11,16-17H,5-10H2,1-4H3. The third-order valence-corrected chi connectivity index (χ3v) is 5.48. The van der Waals surface area contributed by atoms with Crippen LogP contribution >= 0.6 is 11.3 Å². The SMILES string of the molecule is CCCNC1(c2nc(CC)c(C)s2)CCNCC1C. The highest BCUT2D eigenvalue weighted by Crippen LogP contribution is 2.38. The number of nitrogens with zero attached hydrogens (tertiary/aromatic N) is 1. The zero-order valence-corrected chi connectivity index (χ0v) is 13.5. The molecule has 1 saturated heterocycles. The fourth-order valence-electron chi connectivity index (χ4n) is 2.98. The van der Waals surface area contributed by atoms with E-state index >= 15 is 0 Å². The number of hydrogen-bond acceptors (Lipinski definition) is 4. The maximum absolute atomic E-state index is 4.96. The zero-order valence-electron chi connectivity index (χ0n) is 12.7. The average molecular weight is 281 g/mol. The predicted octanol–water partition coefficient (Wildman–Crippen LogP) is 2.84. The van der Waals surface area contributed by atoms with Crippen LogP contribution in [-0.4, -0.2) is 24.6 Å². The van der Waals surface area contributed by atoms with Crippen molar-refractivity contribution in [2.75, 3.05) is 19.6 Å². The summed E-state index contributed by atoms with van der Waals surface area (Å²) in [6, 6.07) is 0. The van der Waals surface area contributed by atoms with E-state index < -0.39 is 0 Å². The van der Waals surface area contributed by atoms with Crippen molar-refractivity contribution in [3.63, 3.8) is 0 Å². The Morgan fingerprint density at radius 3 is 2.84 bits per heavy atom. The normalized spacial score (nSPS) is 27.7. The number of nitrogens with one attached hydrogen (secondary N) is 2. The van der Waals surface area contributed by atoms with E-state index in [1.165, 1.54) is 22.0 Å². The zero-order chi connectivity index (χ0) is 13.9. The summed E-state index contributed by atoms with van der Waals surface area (Å²) >= 11 is 1.90. The summed E-state index contributed by atoms with van der Waals surface area (Å²) < 4.78 is 0. The predicted molar refractivity (Wildman–Crippen MR) is 82.9 cm³/mol. The molecule has 1 aliphatic rings. The molecule has 0 aromatic carbocycles. The molecular weight excluding hydrogens is 254 g/mol. The van der Waals surface area contributed by atoms with Gasteiger partial charge in [-0.25, -0.2) is 4.98 Å². The van der Waals surface area contributed by atoms with Gasteiger partial charge in [0.1, 0.15) is 5.01 Å². The van der Waals surface area contributed by atoms with Gasteiger partial charge in [-0.1, -0.05) is 20.8 Å². The fraction of sp³-hybridized carbons (Fsp3) is 0.800. The van der Waals surface area contributed by atoms with E-state index in [-0.39, 0.29) is 5.54 Å². The second-order valence-electron chi connectivity index (χ2n) is 5.63. The first kappa shape index (κ1) is 14.9. The lowest BCUT2D eigenvalue weighted by Crippen LogP contribution is -2.55. The largest absolute Gasteiger partial charge is 0.316 e. The molecule has 4 heteroatoms. The molecule has 108 valence electrons. The second kappa shape index (κ2) is 6.33. The van der Waals surface area contributed by atoms with E-state index in [4.69, 9.17) is 4.98 Å². The van der Waals surface area contributed by atoms with Crippen molar-refractivity contribution in [2.24, 2.45) is 5.92 Å². The van der Waals surface area contributed by atoms with E-state index in [2.05, 4.69) is 38.3 Å². The Morgan fingerprint density at radius 2 is 2.26 bits per heavy atom. The van der Waals surface area contributed by atoms with Crippen molar-refractivity contribution in [1.82, 2.24) is 15.6 Å². The highest BCUT2D eigenvalue weighted by atomic mass is 32.1. The molecule has 0 amide bonds. The minimum atomic E-state index is 0.0874. The molecule has 2 unspecified atom stereocenters. The Labute approximate surface area is 121 Å². The molecule has 2 N–H and O–H groups in total. The topological polar surface area (TPSA) is 37.0 Å². The maximum atomic E-state index is 4.96. The molecule has 0 aliphatic carbocycles. The third-order valence-electron chi connectivity index (χ3n) is 4.29. The number of aromatic nitrogens is 1. The van der Waals surface area contributed by atoms with Gasteiger partial charge in [-0.2, -0.15) is 0 Å². The second-order valence-corrected chi connectivity index (χ2v) is 6.83. The fourth-order valence-corrected chi connectivity index (χ4v) is 4.29. The number of thiazole rings is 1. The highest BCUT2D eigenvalue weighted by molar-refractivity contribution is 7.11. The quantitative estimate of drug-likeness (QED) is 0.871. The molecule has 19 heavy (non-hydrogen) atoms. The smallest absolute Gasteiger partial charge is 0.114 e. The molecule has 0 spiro atoms. The minimum absolute atomic E-state index is 0.0874. The summed E-state index contributed by atoms with van der Waals surface area (Å²) in [4.78, 5) is 6.35. The lowest BCUT2D eigenvalue weighted by Gasteiger charge is -2.42. The number of rotatable bonds is 5. The van der Waals surface area contributed by atoms with Crippen LogP contribution < -0.4 is 10.6 Å². The van der Waals surface area contributed by atoms with Crippen molar-refractivity contribution in [3.05, 3.63) is 15.6 Å². The summed E-state index contributed by atoms with van der Waals surface area (Å²) in [6.07, 6.45) is 3.36. The minimum Gasteiger partial charge on any atom is -0.316 e. The van der Waals surface area contributed by atoms with Crippen molar-refractivity contribution in [3.8, 4) is 0 Å². The van der Waals surface area contributed by atoms with Crippen molar-refractivity contribution in [1.29, 1.82) is 0 Å². The molecule has 2 rings (SSSR count). The van der Waals surface area contributed by atoms with Crippen LogP contribution in [0.5, 0.6) is 0 Å². The van der Waals surface area contributed by atoms with Crippen LogP contribution in [0.4, 0.5) is 0 Å². The molecule has 0 saturated carbocycles. The van der Waals surface area contributed by atoms with E-state index in [0.717, 1.165) is 32.5 Å². The first-order valence-corrected chi connectivity index (χ1v) is 8.38. The Balaban J connectivity index is 2.34. The van der Waals surface area contributed by atoms with Crippen molar-refractivity contribution < 1.29 is 0 Å². The molecule has 1 aromatic rings. The van der Waals surface area contributed by atoms with Gasteiger partial charge in [-0.3, -0.25) is 0 Å². The van der Waals surface area contributed by atoms with E-state index in [1.807, 2.05) is 11.3 Å². The van der Waals surface area contributed by atoms with E-state index in [1.54, 1.807) is 0 Å². The highest BCUT2D eigenvalue weighted by Gasteiger charge is 2.41. The van der Waals surface area contributed by atoms with Gasteiger partial charge in [0, 0.05) is 4.88 Å². The summed E-state index contributed by atoms with van der Waals surface area (Å²) in [5.74, 6) is 0.586. The maximum Gasteiger partial charge on any atom is 0.114 e. The van der Waals surface area contributed by atoms with Gasteiger partial charge < -0.3 is 10.6 Å². The van der Waals surface area contributed by atoms with Gasteiger partial charge in [0.25, 0.3) is 0 Å². The van der Waals surface area contributed by atoms with Crippen LogP contribution in [0, 0.1) is 12.8 Å². The van der Waals surface area contributed by atoms with Crippen molar-refractivity contribution >= 4 is 11.3 Å². The third kappa shape index (κ3) is 2.86. The monoisotopic (exact) mass is 281 g/mol. The van der Waals surface area contributed by atoms with Crippen LogP contribution in [0.25, 0.3) is 0 Å². The van der Waals surface area contributed by atoms with Crippen molar-refractivity contribution in [2.45, 2.75) is 52.5 Å². The van der Waals surface area contributed by atoms with Gasteiger partial charge >= 0.3 is 0 Å². The lowest BCUT2D eigenvalue weighted by atomic mass is 9.79. The number of hydrogen-bond donors (Lipinski definition) is 2. The first-order chi connectivity index (χ1) is 9.14. The summed E-state index contributed by atoms with van der Waals surface area (Å²) in [6.45, 7) is 12.2. The number of piperidine rings is 1. The van der Waals surface area contributed by atoms with Gasteiger partial charge in [0.15, 0.2) is 0 Å². The van der Waals surface area contributed by atoms with Crippen LogP contribution in [0.2, 0.25) is 0 Å². The van der Waals surface area contributed by atoms with Gasteiger partial charge in [0.2, 0.25) is 0 Å². The molecule has 2 heterocycles. The van der Waals surface area contributed by atoms with E-state index in [0.29, 0.717) is 5.92 Å². The van der Waals surface area contributed by atoms with E-state index in [9.17, 15) is 0 Å². The lowest BCUT2D eigenvalue weighted by molar-refractivity contribution is 0.167. The molecule has 0 bridgehead atoms. The molecular formula is C15H27N3S. The summed E-state index contributed by atoms with van der Waals surface area (Å²) in [5, 5.41) is 8.64. The summed E-state index contributed by atoms with van der Waals surface area (Å²) in [5.41, 5.74) is 1.37. The Morgan fingerprint density at radius 1 is 1.47 bits per heavy atom. The van der Waals surface area contributed by atoms with Gasteiger partial charge in [-0.15, -0.1) is 11.3 Å². The Hall–Kier alpha value is -0.450. The molecule has 1 fully saturated rings. The molecule has 3 nitrogen and oxygen atoms in total. The number of aryl methyl sites for hydroxylation is 2. The van der Waals surface area contributed by atoms with Crippen LogP contribution in [0.15, 0.2) is 0 Å². The van der Waals surface area contributed by atoms with Crippen LogP contribution in [0.3, 0.4) is 0 Å². The molecule has 1 aromatic heterocycles. The first-order valence-electron chi connectivity index (χ1n) is 7.56. The summed E-state index contributed by atoms with van der Waals surface area (Å²) in [7, 11) is 0. The molecule has 0 radical (unpaired) electrons. The van der Waals surface area contributed by atoms with Crippen LogP contribution in [-0.2, 0) is 12.0 Å². The van der Waals surface area contributed by atoms with Gasteiger partial charge in [0.05, 0.1) is 11.2 Å². The van der Waals surface area contributed by atoms with Crippen LogP contribution in [0.1, 0.15) is 49.2 Å². The molecule has 2 atom stereocenters. The molecule has 1 aliphatic heterocycles. The average Bonchev–Trinajstić information content (AvgIpc) is 2.80. The Kier molecular flexibility index (Phi) is 4.98. The van der Waals surface area contributed by atoms with Gasteiger partial charge in [-0.05, 0) is 51.7 Å². The Bertz CT molecular complexity index is 416.